The first-order valence-corrected chi connectivity index (χ1v) is 8.99. The van der Waals surface area contributed by atoms with E-state index in [1.54, 1.807) is 48.5 Å². The number of carbonyl (C=O) groups excluding carboxylic acids is 3. The number of Topliss-reactive ketones (excluding diaryl/α,β-unsaturated/α-hetero) is 1. The first-order chi connectivity index (χ1) is 13.1. The van der Waals surface area contributed by atoms with Gasteiger partial charge in [0, 0.05) is 11.6 Å². The second-order valence-corrected chi connectivity index (χ2v) is 6.74. The van der Waals surface area contributed by atoms with Crippen molar-refractivity contribution in [1.29, 1.82) is 0 Å². The van der Waals surface area contributed by atoms with Gasteiger partial charge in [0.15, 0.2) is 12.4 Å². The molecule has 2 amide bonds. The highest BCUT2D eigenvalue weighted by molar-refractivity contribution is 6.22. The minimum atomic E-state index is -0.272. The molecule has 136 valence electrons. The van der Waals surface area contributed by atoms with Crippen LogP contribution in [0.4, 0.5) is 5.69 Å². The van der Waals surface area contributed by atoms with Crippen molar-refractivity contribution in [2.45, 2.75) is 12.8 Å². The Morgan fingerprint density at radius 1 is 0.926 bits per heavy atom. The Kier molecular flexibility index (Phi) is 4.59. The van der Waals surface area contributed by atoms with Crippen molar-refractivity contribution in [3.8, 4) is 5.75 Å². The molecular formula is C22H19NO4. The van der Waals surface area contributed by atoms with Crippen LogP contribution in [0.3, 0.4) is 0 Å². The first-order valence-electron chi connectivity index (χ1n) is 8.99. The molecule has 4 rings (SSSR count). The number of ketones is 1. The van der Waals surface area contributed by atoms with Crippen molar-refractivity contribution in [2.24, 2.45) is 11.8 Å². The van der Waals surface area contributed by atoms with Crippen LogP contribution in [0.5, 0.6) is 5.75 Å². The van der Waals surface area contributed by atoms with Crippen LogP contribution in [0.15, 0.2) is 66.7 Å². The Morgan fingerprint density at radius 2 is 1.59 bits per heavy atom. The largest absolute Gasteiger partial charge is 0.485 e. The molecular weight excluding hydrogens is 342 g/mol. The maximum absolute atomic E-state index is 12.7. The molecule has 1 aliphatic carbocycles. The lowest BCUT2D eigenvalue weighted by atomic mass is 9.85. The van der Waals surface area contributed by atoms with Crippen molar-refractivity contribution in [3.63, 3.8) is 0 Å². The highest BCUT2D eigenvalue weighted by atomic mass is 16.5. The molecule has 0 bridgehead atoms. The molecule has 0 spiro atoms. The van der Waals surface area contributed by atoms with Gasteiger partial charge in [-0.2, -0.15) is 0 Å². The number of imide groups is 1. The van der Waals surface area contributed by atoms with Crippen molar-refractivity contribution in [1.82, 2.24) is 0 Å². The molecule has 1 saturated heterocycles. The maximum atomic E-state index is 12.7. The van der Waals surface area contributed by atoms with E-state index in [-0.39, 0.29) is 36.0 Å². The van der Waals surface area contributed by atoms with E-state index in [1.807, 2.05) is 18.2 Å². The SMILES string of the molecule is O=C(COc1cccc(N2C(=O)[C@@H]3CC=CC[C@H]3C2=O)c1)c1ccccc1. The van der Waals surface area contributed by atoms with E-state index in [0.29, 0.717) is 29.8 Å². The van der Waals surface area contributed by atoms with Crippen molar-refractivity contribution < 1.29 is 19.1 Å². The molecule has 2 aromatic rings. The lowest BCUT2D eigenvalue weighted by molar-refractivity contribution is -0.122. The normalized spacial score (nSPS) is 21.3. The summed E-state index contributed by atoms with van der Waals surface area (Å²) in [5.41, 5.74) is 1.07. The number of fused-ring (bicyclic) bond motifs is 1. The van der Waals surface area contributed by atoms with Crippen LogP contribution >= 0.6 is 0 Å². The van der Waals surface area contributed by atoms with Crippen LogP contribution in [0, 0.1) is 11.8 Å². The lowest BCUT2D eigenvalue weighted by Gasteiger charge is -2.16. The number of allylic oxidation sites excluding steroid dienone is 2. The minimum Gasteiger partial charge on any atom is -0.485 e. The number of hydrogen-bond donors (Lipinski definition) is 0. The third kappa shape index (κ3) is 3.28. The highest BCUT2D eigenvalue weighted by Crippen LogP contribution is 2.38. The number of benzene rings is 2. The fourth-order valence-electron chi connectivity index (χ4n) is 3.62. The van der Waals surface area contributed by atoms with E-state index in [1.165, 1.54) is 4.90 Å². The zero-order valence-electron chi connectivity index (χ0n) is 14.7. The summed E-state index contributed by atoms with van der Waals surface area (Å²) < 4.78 is 5.60. The molecule has 0 unspecified atom stereocenters. The standard InChI is InChI=1S/C22H19NO4/c24-20(15-7-2-1-3-8-15)14-27-17-10-6-9-16(13-17)23-21(25)18-11-4-5-12-19(18)22(23)26/h1-10,13,18-19H,11-12,14H2/t18-,19-/m1/s1. The Morgan fingerprint density at radius 3 is 2.26 bits per heavy atom. The van der Waals surface area contributed by atoms with Gasteiger partial charge < -0.3 is 4.74 Å². The molecule has 1 heterocycles. The minimum absolute atomic E-state index is 0.107. The smallest absolute Gasteiger partial charge is 0.238 e. The third-order valence-corrected chi connectivity index (χ3v) is 5.05. The van der Waals surface area contributed by atoms with Gasteiger partial charge in [0.25, 0.3) is 0 Å². The van der Waals surface area contributed by atoms with E-state index in [0.717, 1.165) is 0 Å². The van der Waals surface area contributed by atoms with Crippen LogP contribution in [0.2, 0.25) is 0 Å². The van der Waals surface area contributed by atoms with E-state index in [2.05, 4.69) is 0 Å². The number of nitrogens with zero attached hydrogens (tertiary/aromatic N) is 1. The molecule has 0 aromatic heterocycles. The third-order valence-electron chi connectivity index (χ3n) is 5.05. The number of amides is 2. The average molecular weight is 361 g/mol. The molecule has 0 radical (unpaired) electrons. The van der Waals surface area contributed by atoms with E-state index < -0.39 is 0 Å². The van der Waals surface area contributed by atoms with Crippen LogP contribution < -0.4 is 9.64 Å². The second-order valence-electron chi connectivity index (χ2n) is 6.74. The summed E-state index contributed by atoms with van der Waals surface area (Å²) >= 11 is 0. The summed E-state index contributed by atoms with van der Waals surface area (Å²) in [6, 6.07) is 15.7. The molecule has 0 N–H and O–H groups in total. The Bertz CT molecular complexity index is 893. The summed E-state index contributed by atoms with van der Waals surface area (Å²) in [5.74, 6) is -0.547. The molecule has 2 atom stereocenters. The van der Waals surface area contributed by atoms with Gasteiger partial charge in [0.2, 0.25) is 11.8 Å². The van der Waals surface area contributed by atoms with Gasteiger partial charge in [-0.15, -0.1) is 0 Å². The molecule has 0 saturated carbocycles. The predicted octanol–water partition coefficient (Wildman–Crippen LogP) is 3.40. The quantitative estimate of drug-likeness (QED) is 0.465. The van der Waals surface area contributed by atoms with Crippen molar-refractivity contribution in [3.05, 3.63) is 72.3 Å². The number of hydrogen-bond acceptors (Lipinski definition) is 4. The van der Waals surface area contributed by atoms with Gasteiger partial charge in [0.05, 0.1) is 17.5 Å². The second kappa shape index (κ2) is 7.19. The first kappa shape index (κ1) is 17.2. The number of rotatable bonds is 5. The van der Waals surface area contributed by atoms with Gasteiger partial charge >= 0.3 is 0 Å². The lowest BCUT2D eigenvalue weighted by Crippen LogP contribution is -2.30. The number of ether oxygens (including phenoxy) is 1. The zero-order valence-corrected chi connectivity index (χ0v) is 14.7. The van der Waals surface area contributed by atoms with Crippen molar-refractivity contribution in [2.75, 3.05) is 11.5 Å². The van der Waals surface area contributed by atoms with E-state index in [9.17, 15) is 14.4 Å². The van der Waals surface area contributed by atoms with Gasteiger partial charge in [-0.1, -0.05) is 48.6 Å². The summed E-state index contributed by atoms with van der Waals surface area (Å²) in [5, 5.41) is 0. The zero-order chi connectivity index (χ0) is 18.8. The molecule has 5 nitrogen and oxygen atoms in total. The van der Waals surface area contributed by atoms with Crippen LogP contribution in [0.1, 0.15) is 23.2 Å². The van der Waals surface area contributed by atoms with E-state index in [4.69, 9.17) is 4.74 Å². The van der Waals surface area contributed by atoms with Crippen LogP contribution in [-0.2, 0) is 9.59 Å². The molecule has 1 aliphatic heterocycles. The monoisotopic (exact) mass is 361 g/mol. The van der Waals surface area contributed by atoms with Crippen LogP contribution in [0.25, 0.3) is 0 Å². The Hall–Kier alpha value is -3.21. The molecule has 27 heavy (non-hydrogen) atoms. The molecule has 5 heteroatoms. The molecule has 2 aromatic carbocycles. The maximum Gasteiger partial charge on any atom is 0.238 e. The van der Waals surface area contributed by atoms with Gasteiger partial charge in [0.1, 0.15) is 5.75 Å². The average Bonchev–Trinajstić information content (AvgIpc) is 2.98. The van der Waals surface area contributed by atoms with Gasteiger partial charge in [-0.05, 0) is 25.0 Å². The Balaban J connectivity index is 1.49. The van der Waals surface area contributed by atoms with Gasteiger partial charge in [-0.25, -0.2) is 4.90 Å². The van der Waals surface area contributed by atoms with Crippen LogP contribution in [-0.4, -0.2) is 24.2 Å². The summed E-state index contributed by atoms with van der Waals surface area (Å²) in [6.07, 6.45) is 5.14. The molecule has 1 fully saturated rings. The summed E-state index contributed by atoms with van der Waals surface area (Å²) in [6.45, 7) is -0.107. The van der Waals surface area contributed by atoms with E-state index >= 15 is 0 Å². The fraction of sp³-hybridized carbons (Fsp3) is 0.227. The summed E-state index contributed by atoms with van der Waals surface area (Å²) in [7, 11) is 0. The number of anilines is 1. The topological polar surface area (TPSA) is 63.7 Å². The van der Waals surface area contributed by atoms with Crippen molar-refractivity contribution >= 4 is 23.3 Å². The molecule has 2 aliphatic rings. The fourth-order valence-corrected chi connectivity index (χ4v) is 3.62. The highest BCUT2D eigenvalue weighted by Gasteiger charge is 2.47. The Labute approximate surface area is 157 Å². The number of carbonyl (C=O) groups is 3. The predicted molar refractivity (Wildman–Crippen MR) is 101 cm³/mol. The summed E-state index contributed by atoms with van der Waals surface area (Å²) in [4.78, 5) is 38.8. The van der Waals surface area contributed by atoms with Gasteiger partial charge in [-0.3, -0.25) is 14.4 Å².